The number of nitrogen functional groups attached to an aromatic ring is 1. The van der Waals surface area contributed by atoms with Crippen LogP contribution in [0.2, 0.25) is 0 Å². The number of anilines is 3. The van der Waals surface area contributed by atoms with E-state index in [1.165, 1.54) is 0 Å². The number of ether oxygens (including phenoxy) is 1. The van der Waals surface area contributed by atoms with Crippen molar-refractivity contribution in [1.82, 2.24) is 24.6 Å². The predicted octanol–water partition coefficient (Wildman–Crippen LogP) is 2.09. The Bertz CT molecular complexity index is 1470. The molecule has 36 heavy (non-hydrogen) atoms. The van der Waals surface area contributed by atoms with Crippen molar-refractivity contribution in [2.45, 2.75) is 19.9 Å². The molecule has 3 N–H and O–H groups in total. The zero-order valence-electron chi connectivity index (χ0n) is 20.0. The molecule has 1 aliphatic heterocycles. The van der Waals surface area contributed by atoms with Gasteiger partial charge in [-0.25, -0.2) is 0 Å². The molecule has 1 amide bonds. The maximum absolute atomic E-state index is 15.3. The van der Waals surface area contributed by atoms with Gasteiger partial charge in [0.1, 0.15) is 0 Å². The average Bonchev–Trinajstić information content (AvgIpc) is 3.16. The first-order chi connectivity index (χ1) is 17.4. The second-order valence-corrected chi connectivity index (χ2v) is 9.64. The molecule has 0 atom stereocenters. The number of hydrogen-bond donors (Lipinski definition) is 2. The van der Waals surface area contributed by atoms with Crippen LogP contribution in [-0.2, 0) is 22.5 Å². The molecule has 0 bridgehead atoms. The van der Waals surface area contributed by atoms with Gasteiger partial charge in [-0.1, -0.05) is 0 Å². The van der Waals surface area contributed by atoms with E-state index in [1.54, 1.807) is 41.3 Å². The molecule has 0 fully saturated rings. The Morgan fingerprint density at radius 3 is 2.83 bits per heavy atom. The van der Waals surface area contributed by atoms with Crippen LogP contribution in [0.5, 0.6) is 0 Å². The van der Waals surface area contributed by atoms with E-state index in [-0.39, 0.29) is 18.3 Å². The third-order valence-corrected chi connectivity index (χ3v) is 7.36. The van der Waals surface area contributed by atoms with Gasteiger partial charge < -0.3 is 4.74 Å². The fraction of sp³-hybridized carbons (Fsp3) is 0.280. The normalized spacial score (nSPS) is 13.7. The number of nitrogens with one attached hydrogen (secondary N) is 1. The minimum absolute atomic E-state index is 0.0127. The Hall–Kier alpha value is -3.49. The molecule has 5 rings (SSSR count). The topological polar surface area (TPSA) is 111 Å². The van der Waals surface area contributed by atoms with E-state index < -0.39 is 0 Å². The molecular formula is C25H25AsFN7O2. The Morgan fingerprint density at radius 1 is 1.19 bits per heavy atom. The summed E-state index contributed by atoms with van der Waals surface area (Å²) in [5, 5.41) is 9.30. The molecule has 0 saturated heterocycles. The van der Waals surface area contributed by atoms with E-state index in [0.717, 1.165) is 16.6 Å². The minimum atomic E-state index is -0.345. The van der Waals surface area contributed by atoms with Gasteiger partial charge in [0.25, 0.3) is 0 Å². The van der Waals surface area contributed by atoms with Gasteiger partial charge in [-0.15, -0.1) is 0 Å². The van der Waals surface area contributed by atoms with Crippen molar-refractivity contribution < 1.29 is 13.9 Å². The van der Waals surface area contributed by atoms with Crippen LogP contribution in [0, 0.1) is 12.7 Å². The van der Waals surface area contributed by atoms with Crippen LogP contribution in [0.4, 0.5) is 21.7 Å². The van der Waals surface area contributed by atoms with Crippen LogP contribution in [0.1, 0.15) is 11.3 Å². The Balaban J connectivity index is 1.43. The Kier molecular flexibility index (Phi) is 6.64. The second-order valence-electron chi connectivity index (χ2n) is 8.71. The van der Waals surface area contributed by atoms with Crippen LogP contribution in [-0.4, -0.2) is 74.2 Å². The molecule has 0 saturated carbocycles. The molecule has 4 heterocycles. The number of nitrogens with two attached hydrogens (primary N) is 1. The van der Waals surface area contributed by atoms with E-state index in [9.17, 15) is 4.79 Å². The molecule has 0 spiro atoms. The number of nitrogens with zero attached hydrogens (tertiary/aromatic N) is 5. The van der Waals surface area contributed by atoms with E-state index in [1.807, 2.05) is 19.1 Å². The van der Waals surface area contributed by atoms with Gasteiger partial charge in [0.2, 0.25) is 0 Å². The van der Waals surface area contributed by atoms with Gasteiger partial charge in [-0.2, -0.15) is 0 Å². The summed E-state index contributed by atoms with van der Waals surface area (Å²) in [5.41, 5.74) is 9.34. The molecule has 11 heteroatoms. The van der Waals surface area contributed by atoms with Crippen molar-refractivity contribution in [2.75, 3.05) is 37.9 Å². The van der Waals surface area contributed by atoms with Crippen molar-refractivity contribution in [3.05, 3.63) is 53.9 Å². The summed E-state index contributed by atoms with van der Waals surface area (Å²) in [5.74, 6) is 0.831. The molecule has 184 valence electrons. The van der Waals surface area contributed by atoms with Crippen molar-refractivity contribution in [1.29, 1.82) is 0 Å². The fourth-order valence-electron chi connectivity index (χ4n) is 4.36. The van der Waals surface area contributed by atoms with Gasteiger partial charge in [0.05, 0.1) is 6.61 Å². The first-order valence-electron chi connectivity index (χ1n) is 11.5. The van der Waals surface area contributed by atoms with E-state index in [0.29, 0.717) is 64.3 Å². The summed E-state index contributed by atoms with van der Waals surface area (Å²) in [7, 11) is 1.62. The number of benzene rings is 1. The molecule has 9 nitrogen and oxygen atoms in total. The standard InChI is InChI=1S/C25H25AsFN7O2/c1-14-18(10-29-12-20(14)28)17-7-15-8-21(30-11-19(15)24(26)25(17)27)31-22-9-16-3-4-33(5-6-36-2)23(35)13-34(16)32-22/h7-12H,3-6,13,28H2,1-2H3,(H,30,31,32). The van der Waals surface area contributed by atoms with Crippen LogP contribution >= 0.6 is 0 Å². The molecule has 0 unspecified atom stereocenters. The van der Waals surface area contributed by atoms with Crippen LogP contribution in [0.15, 0.2) is 36.8 Å². The summed E-state index contributed by atoms with van der Waals surface area (Å²) < 4.78 is 22.6. The van der Waals surface area contributed by atoms with Crippen molar-refractivity contribution in [2.24, 2.45) is 0 Å². The van der Waals surface area contributed by atoms with E-state index in [2.05, 4.69) is 37.2 Å². The van der Waals surface area contributed by atoms with Gasteiger partial charge in [-0.05, 0) is 0 Å². The molecule has 0 aliphatic carbocycles. The summed E-state index contributed by atoms with van der Waals surface area (Å²) in [4.78, 5) is 23.0. The number of carbonyl (C=O) groups excluding carboxylic acids is 1. The Labute approximate surface area is 216 Å². The number of fused-ring (bicyclic) bond motifs is 2. The quantitative estimate of drug-likeness (QED) is 0.355. The monoisotopic (exact) mass is 549 g/mol. The number of rotatable bonds is 6. The van der Waals surface area contributed by atoms with Crippen molar-refractivity contribution >= 4 is 55.2 Å². The van der Waals surface area contributed by atoms with Crippen LogP contribution < -0.4 is 15.4 Å². The first-order valence-corrected chi connectivity index (χ1v) is 12.4. The molecular weight excluding hydrogens is 524 g/mol. The number of methoxy groups -OCH3 is 1. The molecule has 4 aromatic rings. The number of carbonyl (C=O) groups is 1. The van der Waals surface area contributed by atoms with Crippen molar-refractivity contribution in [3.8, 4) is 11.1 Å². The average molecular weight is 549 g/mol. The maximum atomic E-state index is 15.3. The number of aromatic nitrogens is 4. The fourth-order valence-corrected chi connectivity index (χ4v) is 5.00. The molecule has 1 aliphatic rings. The predicted molar refractivity (Wildman–Crippen MR) is 137 cm³/mol. The van der Waals surface area contributed by atoms with Crippen LogP contribution in [0.3, 0.4) is 0 Å². The number of amides is 1. The Morgan fingerprint density at radius 2 is 2.03 bits per heavy atom. The molecule has 2 radical (unpaired) electrons. The third-order valence-electron chi connectivity index (χ3n) is 6.44. The van der Waals surface area contributed by atoms with Gasteiger partial charge >= 0.3 is 192 Å². The number of pyridine rings is 2. The van der Waals surface area contributed by atoms with E-state index >= 15 is 4.39 Å². The third kappa shape index (κ3) is 4.54. The summed E-state index contributed by atoms with van der Waals surface area (Å²) in [6.07, 6.45) is 5.52. The second kappa shape index (κ2) is 9.87. The van der Waals surface area contributed by atoms with Crippen molar-refractivity contribution in [3.63, 3.8) is 0 Å². The molecule has 1 aromatic carbocycles. The number of hydrogen-bond acceptors (Lipinski definition) is 7. The van der Waals surface area contributed by atoms with Gasteiger partial charge in [0.15, 0.2) is 0 Å². The zero-order valence-corrected chi connectivity index (χ0v) is 21.8. The summed E-state index contributed by atoms with van der Waals surface area (Å²) >= 11 is 2.29. The molecule has 3 aromatic heterocycles. The van der Waals surface area contributed by atoms with E-state index in [4.69, 9.17) is 10.5 Å². The van der Waals surface area contributed by atoms with Crippen LogP contribution in [0.25, 0.3) is 21.9 Å². The summed E-state index contributed by atoms with van der Waals surface area (Å²) in [6, 6.07) is 5.57. The SMILES string of the molecule is COCCN1CCc2cc(Nc3cc4cc(-c5cncc(N)c5C)c(F)c([As])c4cn3)nn2CC1=O. The number of halogens is 1. The van der Waals surface area contributed by atoms with Gasteiger partial charge in [0, 0.05) is 13.7 Å². The first kappa shape index (κ1) is 24.2. The van der Waals surface area contributed by atoms with Gasteiger partial charge in [-0.3, -0.25) is 0 Å². The zero-order chi connectivity index (χ0) is 25.4. The summed E-state index contributed by atoms with van der Waals surface area (Å²) in [6.45, 7) is 3.72.